The first-order valence-electron chi connectivity index (χ1n) is 14.3. The van der Waals surface area contributed by atoms with Crippen LogP contribution in [0.25, 0.3) is 22.4 Å². The standard InChI is InChI=1S/C22H30N6O4S.C6H8O7.Mg/c1-5-7-17-19-20(27(4)25-17)22(29)24-21(23-19)16-14-15(8-9-18(16)32-6-2)33(30,31)28-12-10-26(3)11-13-28;7-3(8)1-6(13,5(11)12)2-4(9)10;/h8-9,14H,5-7,10-13H2,1-4H3,(H,23,24,29);13H,1-2H2,(H,7,8)(H,9,10)(H,11,12);/q;;+2. The molecule has 0 atom stereocenters. The minimum absolute atomic E-state index is 0. The van der Waals surface area contributed by atoms with E-state index in [0.29, 0.717) is 61.6 Å². The van der Waals surface area contributed by atoms with Crippen molar-refractivity contribution < 1.29 is 48.0 Å². The number of carboxylic acid groups (broad SMARTS) is 3. The van der Waals surface area contributed by atoms with Gasteiger partial charge in [-0.2, -0.15) is 9.40 Å². The van der Waals surface area contributed by atoms with Gasteiger partial charge in [0.25, 0.3) is 5.56 Å². The van der Waals surface area contributed by atoms with Gasteiger partial charge < -0.3 is 35.0 Å². The van der Waals surface area contributed by atoms with Crippen molar-refractivity contribution in [2.24, 2.45) is 7.05 Å². The zero-order valence-electron chi connectivity index (χ0n) is 26.6. The molecule has 0 radical (unpaired) electrons. The molecule has 2 aromatic heterocycles. The summed E-state index contributed by atoms with van der Waals surface area (Å²) in [7, 11) is -0.00831. The number of benzene rings is 1. The van der Waals surface area contributed by atoms with Gasteiger partial charge >= 0.3 is 41.0 Å². The molecular weight excluding hydrogens is 653 g/mol. The number of ether oxygens (including phenoxy) is 1. The van der Waals surface area contributed by atoms with E-state index >= 15 is 0 Å². The molecule has 17 nitrogen and oxygen atoms in total. The van der Waals surface area contributed by atoms with Crippen LogP contribution < -0.4 is 10.3 Å². The first-order chi connectivity index (χ1) is 21.5. The normalized spacial score (nSPS) is 14.1. The van der Waals surface area contributed by atoms with E-state index in [-0.39, 0.29) is 39.3 Å². The summed E-state index contributed by atoms with van der Waals surface area (Å²) in [6, 6.07) is 4.71. The van der Waals surface area contributed by atoms with Crippen LogP contribution in [0.2, 0.25) is 0 Å². The molecule has 3 heterocycles. The number of likely N-dealkylation sites (N-methyl/N-ethyl adjacent to an activating group) is 1. The molecule has 1 fully saturated rings. The molecule has 0 amide bonds. The van der Waals surface area contributed by atoms with E-state index < -0.39 is 46.4 Å². The zero-order valence-corrected chi connectivity index (χ0v) is 28.8. The molecule has 1 aromatic carbocycles. The van der Waals surface area contributed by atoms with Gasteiger partial charge in [0.15, 0.2) is 11.1 Å². The number of sulfonamides is 1. The Kier molecular flexibility index (Phi) is 13.9. The summed E-state index contributed by atoms with van der Waals surface area (Å²) >= 11 is 0. The number of carbonyl (C=O) groups is 3. The molecule has 5 N–H and O–H groups in total. The third kappa shape index (κ3) is 9.48. The van der Waals surface area contributed by atoms with Gasteiger partial charge in [0.05, 0.1) is 35.6 Å². The van der Waals surface area contributed by atoms with Crippen molar-refractivity contribution in [1.29, 1.82) is 0 Å². The summed E-state index contributed by atoms with van der Waals surface area (Å²) in [6.45, 7) is 6.48. The number of hydrogen-bond donors (Lipinski definition) is 5. The Labute approximate surface area is 286 Å². The van der Waals surface area contributed by atoms with Gasteiger partial charge in [-0.1, -0.05) is 13.3 Å². The van der Waals surface area contributed by atoms with E-state index in [4.69, 9.17) is 30.1 Å². The van der Waals surface area contributed by atoms with Gasteiger partial charge in [-0.3, -0.25) is 19.1 Å². The van der Waals surface area contributed by atoms with E-state index in [1.807, 2.05) is 20.9 Å². The second kappa shape index (κ2) is 16.5. The van der Waals surface area contributed by atoms with Crippen LogP contribution in [0.1, 0.15) is 38.8 Å². The Bertz CT molecular complexity index is 1750. The number of fused-ring (bicyclic) bond motifs is 1. The summed E-state index contributed by atoms with van der Waals surface area (Å²) in [5.41, 5.74) is -0.993. The second-order valence-electron chi connectivity index (χ2n) is 10.7. The Hall–Kier alpha value is -3.62. The van der Waals surface area contributed by atoms with E-state index in [0.717, 1.165) is 12.1 Å². The Morgan fingerprint density at radius 2 is 1.62 bits per heavy atom. The maximum atomic E-state index is 13.3. The number of nitrogens with zero attached hydrogens (tertiary/aromatic N) is 5. The van der Waals surface area contributed by atoms with Gasteiger partial charge in [0.1, 0.15) is 17.1 Å². The molecule has 1 aliphatic rings. The molecule has 0 bridgehead atoms. The average molecular weight is 691 g/mol. The van der Waals surface area contributed by atoms with Crippen molar-refractivity contribution in [2.45, 2.75) is 50.0 Å². The molecule has 3 aromatic rings. The molecule has 252 valence electrons. The van der Waals surface area contributed by atoms with Crippen LogP contribution in [0, 0.1) is 0 Å². The summed E-state index contributed by atoms with van der Waals surface area (Å²) in [4.78, 5) is 53.1. The van der Waals surface area contributed by atoms with E-state index in [2.05, 4.69) is 15.0 Å². The number of aryl methyl sites for hydroxylation is 2. The van der Waals surface area contributed by atoms with Gasteiger partial charge in [-0.25, -0.2) is 18.2 Å². The number of piperazine rings is 1. The van der Waals surface area contributed by atoms with Gasteiger partial charge in [0.2, 0.25) is 10.0 Å². The van der Waals surface area contributed by atoms with Gasteiger partial charge in [-0.05, 0) is 38.6 Å². The number of aliphatic carboxylic acids is 3. The SMILES string of the molecule is CCCc1nn(C)c2c(=O)[nH]c(-c3cc(S(=O)(=O)N4CCN(C)CC4)ccc3OCC)nc12.O=C(O)CC(O)(CC(=O)O)C(=O)O.[Mg+2]. The number of nitrogens with one attached hydrogen (secondary N) is 1. The third-order valence-corrected chi connectivity index (χ3v) is 9.04. The molecular formula is C28H38MgN6O11S+2. The van der Waals surface area contributed by atoms with Crippen molar-refractivity contribution in [3.63, 3.8) is 0 Å². The smallest absolute Gasteiger partial charge is 0.493 e. The topological polar surface area (TPSA) is 246 Å². The van der Waals surface area contributed by atoms with Gasteiger partial charge in [-0.15, -0.1) is 0 Å². The van der Waals surface area contributed by atoms with Gasteiger partial charge in [0, 0.05) is 33.2 Å². The molecule has 0 spiro atoms. The molecule has 0 unspecified atom stereocenters. The fraction of sp³-hybridized carbons (Fsp3) is 0.500. The van der Waals surface area contributed by atoms with Crippen molar-refractivity contribution in [3.8, 4) is 17.1 Å². The molecule has 1 aliphatic heterocycles. The Morgan fingerprint density at radius 3 is 2.13 bits per heavy atom. The third-order valence-electron chi connectivity index (χ3n) is 7.14. The number of carboxylic acids is 3. The van der Waals surface area contributed by atoms with Crippen LogP contribution in [0.5, 0.6) is 5.75 Å². The Balaban J connectivity index is 0.000000468. The predicted molar refractivity (Wildman–Crippen MR) is 169 cm³/mol. The fourth-order valence-electron chi connectivity index (χ4n) is 4.81. The Morgan fingerprint density at radius 1 is 1.02 bits per heavy atom. The van der Waals surface area contributed by atoms with E-state index in [1.54, 1.807) is 25.2 Å². The fourth-order valence-corrected chi connectivity index (χ4v) is 6.26. The number of H-pyrrole nitrogens is 1. The van der Waals surface area contributed by atoms with E-state index in [1.165, 1.54) is 8.99 Å². The number of hydrogen-bond acceptors (Lipinski definition) is 11. The van der Waals surface area contributed by atoms with Crippen LogP contribution in [0.15, 0.2) is 27.9 Å². The minimum atomic E-state index is -3.70. The number of rotatable bonds is 12. The summed E-state index contributed by atoms with van der Waals surface area (Å²) in [5, 5.41) is 38.3. The number of aromatic amines is 1. The molecule has 47 heavy (non-hydrogen) atoms. The monoisotopic (exact) mass is 690 g/mol. The largest absolute Gasteiger partial charge is 2.00 e. The quantitative estimate of drug-likeness (QED) is 0.157. The predicted octanol–water partition coefficient (Wildman–Crippen LogP) is -0.0184. The average Bonchev–Trinajstić information content (AvgIpc) is 3.28. The van der Waals surface area contributed by atoms with Crippen molar-refractivity contribution in [2.75, 3.05) is 39.8 Å². The van der Waals surface area contributed by atoms with Crippen LogP contribution in [-0.2, 0) is 37.9 Å². The van der Waals surface area contributed by atoms with Crippen LogP contribution >= 0.6 is 0 Å². The van der Waals surface area contributed by atoms with Crippen LogP contribution in [0.3, 0.4) is 0 Å². The minimum Gasteiger partial charge on any atom is -0.493 e. The molecule has 0 saturated carbocycles. The first-order valence-corrected chi connectivity index (χ1v) is 15.8. The maximum Gasteiger partial charge on any atom is 2.00 e. The van der Waals surface area contributed by atoms with Crippen molar-refractivity contribution >= 4 is 62.0 Å². The molecule has 19 heteroatoms. The zero-order chi connectivity index (χ0) is 34.4. The maximum absolute atomic E-state index is 13.3. The molecule has 1 saturated heterocycles. The van der Waals surface area contributed by atoms with Crippen LogP contribution in [0.4, 0.5) is 0 Å². The molecule has 4 rings (SSSR count). The number of aromatic nitrogens is 4. The number of aliphatic hydroxyl groups is 1. The summed E-state index contributed by atoms with van der Waals surface area (Å²) < 4.78 is 35.4. The van der Waals surface area contributed by atoms with Crippen molar-refractivity contribution in [1.82, 2.24) is 29.0 Å². The molecule has 0 aliphatic carbocycles. The van der Waals surface area contributed by atoms with E-state index in [9.17, 15) is 27.6 Å². The first kappa shape index (κ1) is 39.6. The summed E-state index contributed by atoms with van der Waals surface area (Å²) in [5.74, 6) is -4.30. The van der Waals surface area contributed by atoms with Crippen molar-refractivity contribution in [3.05, 3.63) is 34.2 Å². The van der Waals surface area contributed by atoms with Crippen LogP contribution in [-0.4, -0.2) is 144 Å². The second-order valence-corrected chi connectivity index (χ2v) is 12.6. The summed E-state index contributed by atoms with van der Waals surface area (Å²) in [6.07, 6.45) is -0.745.